The van der Waals surface area contributed by atoms with Crippen LogP contribution in [0.1, 0.15) is 0 Å². The van der Waals surface area contributed by atoms with E-state index in [1.807, 2.05) is 0 Å². The summed E-state index contributed by atoms with van der Waals surface area (Å²) in [6, 6.07) is 87.9. The first-order valence-corrected chi connectivity index (χ1v) is 20.6. The van der Waals surface area contributed by atoms with E-state index in [9.17, 15) is 0 Å². The van der Waals surface area contributed by atoms with E-state index in [4.69, 9.17) is 0 Å². The Hall–Kier alpha value is -7.94. The Bertz CT molecular complexity index is 3230. The molecule has 2 heteroatoms. The number of hydrogen-bond acceptors (Lipinski definition) is 1. The van der Waals surface area contributed by atoms with E-state index in [2.05, 4.69) is 252 Å². The summed E-state index contributed by atoms with van der Waals surface area (Å²) in [4.78, 5) is 2.34. The number of benzene rings is 10. The normalized spacial score (nSPS) is 11.3. The van der Waals surface area contributed by atoms with Crippen molar-refractivity contribution < 1.29 is 0 Å². The van der Waals surface area contributed by atoms with Crippen molar-refractivity contribution in [1.29, 1.82) is 0 Å². The first-order chi connectivity index (χ1) is 29.7. The Morgan fingerprint density at radius 3 is 1.48 bits per heavy atom. The molecule has 0 fully saturated rings. The van der Waals surface area contributed by atoms with Gasteiger partial charge in [-0.05, 0) is 128 Å². The first-order valence-electron chi connectivity index (χ1n) is 20.6. The zero-order chi connectivity index (χ0) is 39.8. The van der Waals surface area contributed by atoms with Gasteiger partial charge in [0, 0.05) is 33.5 Å². The van der Waals surface area contributed by atoms with Crippen LogP contribution in [0.4, 0.5) is 17.1 Å². The van der Waals surface area contributed by atoms with Gasteiger partial charge in [-0.1, -0.05) is 170 Å². The molecule has 0 radical (unpaired) electrons. The van der Waals surface area contributed by atoms with Gasteiger partial charge in [0.05, 0.1) is 11.0 Å². The summed E-state index contributed by atoms with van der Waals surface area (Å²) in [7, 11) is 0. The predicted molar refractivity (Wildman–Crippen MR) is 255 cm³/mol. The second-order valence-corrected chi connectivity index (χ2v) is 15.4. The Labute approximate surface area is 350 Å². The van der Waals surface area contributed by atoms with Crippen molar-refractivity contribution in [3.63, 3.8) is 0 Å². The van der Waals surface area contributed by atoms with Crippen LogP contribution in [0.5, 0.6) is 0 Å². The summed E-state index contributed by atoms with van der Waals surface area (Å²) in [5.74, 6) is 0. The van der Waals surface area contributed by atoms with Gasteiger partial charge in [-0.2, -0.15) is 0 Å². The lowest BCUT2D eigenvalue weighted by Crippen LogP contribution is -2.09. The van der Waals surface area contributed by atoms with Crippen LogP contribution in [0.15, 0.2) is 243 Å². The zero-order valence-electron chi connectivity index (χ0n) is 33.0. The Kier molecular flexibility index (Phi) is 8.87. The lowest BCUT2D eigenvalue weighted by atomic mass is 9.93. The topological polar surface area (TPSA) is 8.17 Å². The highest BCUT2D eigenvalue weighted by atomic mass is 15.1. The number of nitrogens with zero attached hydrogens (tertiary/aromatic N) is 2. The third kappa shape index (κ3) is 6.41. The van der Waals surface area contributed by atoms with Crippen LogP contribution in [0.25, 0.3) is 82.8 Å². The molecule has 0 atom stereocenters. The quantitative estimate of drug-likeness (QED) is 0.150. The van der Waals surface area contributed by atoms with E-state index in [1.54, 1.807) is 0 Å². The highest BCUT2D eigenvalue weighted by Gasteiger charge is 2.18. The van der Waals surface area contributed by atoms with Crippen molar-refractivity contribution in [3.8, 4) is 50.2 Å². The van der Waals surface area contributed by atoms with Crippen LogP contribution in [0.2, 0.25) is 0 Å². The number of anilines is 3. The van der Waals surface area contributed by atoms with Gasteiger partial charge in [-0.3, -0.25) is 0 Å². The SMILES string of the molecule is c1ccc(-c2cc(-c3ccccc3)cc(-n3c4ccccc4c4cc(-c5ccccc5-c5ccc(N(c6ccccc6)c6ccc7ccccc7c6)cc5)ccc43)c2)cc1. The summed E-state index contributed by atoms with van der Waals surface area (Å²) in [6.45, 7) is 0. The van der Waals surface area contributed by atoms with Crippen molar-refractivity contribution in [3.05, 3.63) is 243 Å². The van der Waals surface area contributed by atoms with Gasteiger partial charge in [-0.25, -0.2) is 0 Å². The molecule has 0 saturated carbocycles. The van der Waals surface area contributed by atoms with E-state index >= 15 is 0 Å². The summed E-state index contributed by atoms with van der Waals surface area (Å²) in [5, 5.41) is 4.92. The highest BCUT2D eigenvalue weighted by Crippen LogP contribution is 2.41. The van der Waals surface area contributed by atoms with Crippen LogP contribution in [-0.4, -0.2) is 4.57 Å². The molecule has 0 saturated heterocycles. The van der Waals surface area contributed by atoms with Gasteiger partial charge in [0.25, 0.3) is 0 Å². The summed E-state index contributed by atoms with van der Waals surface area (Å²) in [5.41, 5.74) is 16.4. The number of hydrogen-bond donors (Lipinski definition) is 0. The van der Waals surface area contributed by atoms with E-state index < -0.39 is 0 Å². The third-order valence-electron chi connectivity index (χ3n) is 11.7. The number of rotatable bonds is 8. The monoisotopic (exact) mass is 764 g/mol. The summed E-state index contributed by atoms with van der Waals surface area (Å²) >= 11 is 0. The number of para-hydroxylation sites is 2. The van der Waals surface area contributed by atoms with Crippen LogP contribution in [0, 0.1) is 0 Å². The smallest absolute Gasteiger partial charge is 0.0541 e. The minimum atomic E-state index is 1.11. The van der Waals surface area contributed by atoms with Gasteiger partial charge in [-0.15, -0.1) is 0 Å². The maximum atomic E-state index is 2.44. The van der Waals surface area contributed by atoms with Crippen molar-refractivity contribution in [1.82, 2.24) is 4.57 Å². The minimum absolute atomic E-state index is 1.11. The van der Waals surface area contributed by atoms with Crippen LogP contribution >= 0.6 is 0 Å². The maximum absolute atomic E-state index is 2.44. The second kappa shape index (κ2) is 15.1. The van der Waals surface area contributed by atoms with E-state index in [0.29, 0.717) is 0 Å². The molecule has 0 unspecified atom stereocenters. The minimum Gasteiger partial charge on any atom is -0.310 e. The molecule has 10 aromatic carbocycles. The van der Waals surface area contributed by atoms with E-state index in [1.165, 1.54) is 77.1 Å². The van der Waals surface area contributed by atoms with Gasteiger partial charge >= 0.3 is 0 Å². The summed E-state index contributed by atoms with van der Waals surface area (Å²) < 4.78 is 2.44. The molecule has 0 bridgehead atoms. The average Bonchev–Trinajstić information content (AvgIpc) is 3.66. The Morgan fingerprint density at radius 2 is 0.783 bits per heavy atom. The lowest BCUT2D eigenvalue weighted by Gasteiger charge is -2.26. The molecule has 60 heavy (non-hydrogen) atoms. The fraction of sp³-hybridized carbons (Fsp3) is 0. The predicted octanol–water partition coefficient (Wildman–Crippen LogP) is 16.1. The molecular formula is C58H40N2. The molecule has 0 N–H and O–H groups in total. The molecule has 0 aliphatic rings. The van der Waals surface area contributed by atoms with Gasteiger partial charge in [0.2, 0.25) is 0 Å². The fourth-order valence-electron chi connectivity index (χ4n) is 8.87. The Balaban J connectivity index is 1.01. The van der Waals surface area contributed by atoms with Gasteiger partial charge in [0.1, 0.15) is 0 Å². The molecule has 11 aromatic rings. The molecular weight excluding hydrogens is 725 g/mol. The van der Waals surface area contributed by atoms with Crippen LogP contribution in [-0.2, 0) is 0 Å². The van der Waals surface area contributed by atoms with Crippen molar-refractivity contribution in [2.75, 3.05) is 4.90 Å². The van der Waals surface area contributed by atoms with Crippen molar-refractivity contribution >= 4 is 49.6 Å². The highest BCUT2D eigenvalue weighted by molar-refractivity contribution is 6.11. The van der Waals surface area contributed by atoms with Crippen molar-refractivity contribution in [2.24, 2.45) is 0 Å². The number of aromatic nitrogens is 1. The van der Waals surface area contributed by atoms with E-state index in [0.717, 1.165) is 22.7 Å². The molecule has 0 aliphatic carbocycles. The Morgan fingerprint density at radius 1 is 0.267 bits per heavy atom. The van der Waals surface area contributed by atoms with Crippen molar-refractivity contribution in [2.45, 2.75) is 0 Å². The molecule has 0 aliphatic heterocycles. The average molecular weight is 765 g/mol. The van der Waals surface area contributed by atoms with Crippen LogP contribution in [0.3, 0.4) is 0 Å². The molecule has 11 rings (SSSR count). The molecule has 282 valence electrons. The molecule has 1 aromatic heterocycles. The standard InChI is InChI=1S/C58H40N2/c1-4-16-41(17-5-1)47-36-48(42-18-6-2-7-19-42)39-52(38-47)60-57-27-15-14-26-55(57)56-40-46(31-35-58(56)60)54-25-13-12-24-53(54)44-29-32-50(33-30-44)59(49-22-8-3-9-23-49)51-34-28-43-20-10-11-21-45(43)37-51/h1-40H. The molecule has 0 spiro atoms. The van der Waals surface area contributed by atoms with E-state index in [-0.39, 0.29) is 0 Å². The largest absolute Gasteiger partial charge is 0.310 e. The zero-order valence-corrected chi connectivity index (χ0v) is 33.0. The molecule has 1 heterocycles. The summed E-state index contributed by atoms with van der Waals surface area (Å²) in [6.07, 6.45) is 0. The maximum Gasteiger partial charge on any atom is 0.0541 e. The first kappa shape index (κ1) is 35.2. The lowest BCUT2D eigenvalue weighted by molar-refractivity contribution is 1.18. The second-order valence-electron chi connectivity index (χ2n) is 15.4. The van der Waals surface area contributed by atoms with Crippen LogP contribution < -0.4 is 4.90 Å². The van der Waals surface area contributed by atoms with Gasteiger partial charge in [0.15, 0.2) is 0 Å². The molecule has 2 nitrogen and oxygen atoms in total. The third-order valence-corrected chi connectivity index (χ3v) is 11.7. The van der Waals surface area contributed by atoms with Gasteiger partial charge < -0.3 is 9.47 Å². The fourth-order valence-corrected chi connectivity index (χ4v) is 8.87. The number of fused-ring (bicyclic) bond motifs is 4. The molecule has 0 amide bonds.